The van der Waals surface area contributed by atoms with Gasteiger partial charge in [0.25, 0.3) is 11.8 Å². The molecule has 1 aromatic heterocycles. The van der Waals surface area contributed by atoms with E-state index < -0.39 is 11.8 Å². The van der Waals surface area contributed by atoms with Gasteiger partial charge in [0.2, 0.25) is 0 Å². The first-order chi connectivity index (χ1) is 16.4. The first kappa shape index (κ1) is 23.3. The maximum Gasteiger partial charge on any atom is 0.271 e. The van der Waals surface area contributed by atoms with Gasteiger partial charge in [0.15, 0.2) is 0 Å². The highest BCUT2D eigenvalue weighted by Crippen LogP contribution is 2.31. The molecular weight excluding hydrogens is 444 g/mol. The monoisotopic (exact) mass is 468 g/mol. The van der Waals surface area contributed by atoms with E-state index in [1.807, 2.05) is 54.7 Å². The van der Waals surface area contributed by atoms with Crippen LogP contribution in [0.3, 0.4) is 0 Å². The molecule has 4 rings (SSSR count). The van der Waals surface area contributed by atoms with Crippen molar-refractivity contribution in [2.24, 2.45) is 0 Å². The standard InChI is InChI=1S/C27H24N4O2S/c1-4-14-34-22-12-10-19(11-13-22)25-20(17-31(29-25)21-8-6-5-7-9-21)15-23-18(2)24(16-28)27(33)30(3)26(23)32/h5-13,15,17H,4,14H2,1-3H3. The van der Waals surface area contributed by atoms with Crippen molar-refractivity contribution in [3.63, 3.8) is 0 Å². The normalized spacial score (nSPS) is 15.2. The number of nitriles is 1. The number of aromatic nitrogens is 2. The summed E-state index contributed by atoms with van der Waals surface area (Å²) in [6.07, 6.45) is 4.69. The van der Waals surface area contributed by atoms with Gasteiger partial charge in [-0.15, -0.1) is 11.8 Å². The van der Waals surface area contributed by atoms with E-state index in [0.29, 0.717) is 16.8 Å². The van der Waals surface area contributed by atoms with E-state index in [0.717, 1.165) is 33.9 Å². The van der Waals surface area contributed by atoms with Crippen LogP contribution >= 0.6 is 11.8 Å². The Labute approximate surface area is 203 Å². The van der Waals surface area contributed by atoms with Crippen molar-refractivity contribution in [3.05, 3.63) is 83.1 Å². The zero-order valence-electron chi connectivity index (χ0n) is 19.3. The van der Waals surface area contributed by atoms with Crippen molar-refractivity contribution in [2.45, 2.75) is 25.2 Å². The lowest BCUT2D eigenvalue weighted by molar-refractivity contribution is -0.138. The summed E-state index contributed by atoms with van der Waals surface area (Å²) in [6, 6.07) is 19.9. The third kappa shape index (κ3) is 4.45. The van der Waals surface area contributed by atoms with E-state index in [1.54, 1.807) is 29.4 Å². The molecule has 1 aliphatic rings. The summed E-state index contributed by atoms with van der Waals surface area (Å²) in [4.78, 5) is 27.5. The molecule has 7 heteroatoms. The number of rotatable bonds is 6. The van der Waals surface area contributed by atoms with Gasteiger partial charge in [-0.2, -0.15) is 10.4 Å². The smallest absolute Gasteiger partial charge is 0.271 e. The minimum atomic E-state index is -0.581. The molecule has 2 aromatic carbocycles. The third-order valence-electron chi connectivity index (χ3n) is 5.61. The minimum absolute atomic E-state index is 0.0253. The lowest BCUT2D eigenvalue weighted by atomic mass is 9.93. The summed E-state index contributed by atoms with van der Waals surface area (Å²) >= 11 is 1.81. The minimum Gasteiger partial charge on any atom is -0.277 e. The van der Waals surface area contributed by atoms with Crippen LogP contribution in [0.5, 0.6) is 0 Å². The summed E-state index contributed by atoms with van der Waals surface area (Å²) in [5, 5.41) is 14.3. The number of imide groups is 1. The zero-order valence-corrected chi connectivity index (χ0v) is 20.1. The van der Waals surface area contributed by atoms with Crippen LogP contribution < -0.4 is 0 Å². The van der Waals surface area contributed by atoms with E-state index in [1.165, 1.54) is 11.9 Å². The summed E-state index contributed by atoms with van der Waals surface area (Å²) in [5.41, 5.74) is 3.89. The first-order valence-electron chi connectivity index (χ1n) is 11.0. The lowest BCUT2D eigenvalue weighted by Gasteiger charge is -2.23. The van der Waals surface area contributed by atoms with Gasteiger partial charge in [-0.05, 0) is 55.0 Å². The van der Waals surface area contributed by atoms with Crippen molar-refractivity contribution in [1.29, 1.82) is 5.26 Å². The number of hydrogen-bond donors (Lipinski definition) is 0. The molecular formula is C27H24N4O2S. The van der Waals surface area contributed by atoms with Crippen LogP contribution in [0, 0.1) is 11.3 Å². The van der Waals surface area contributed by atoms with Crippen LogP contribution in [0.15, 0.2) is 82.4 Å². The molecule has 0 unspecified atom stereocenters. The summed E-state index contributed by atoms with van der Waals surface area (Å²) in [7, 11) is 1.39. The molecule has 0 atom stereocenters. The molecule has 170 valence electrons. The number of carbonyl (C=O) groups excluding carboxylic acids is 2. The highest BCUT2D eigenvalue weighted by molar-refractivity contribution is 7.99. The second kappa shape index (κ2) is 9.94. The second-order valence-corrected chi connectivity index (χ2v) is 9.09. The molecule has 3 aromatic rings. The molecule has 0 spiro atoms. The Hall–Kier alpha value is -3.89. The Bertz CT molecular complexity index is 1350. The molecule has 0 bridgehead atoms. The van der Waals surface area contributed by atoms with Crippen molar-refractivity contribution in [2.75, 3.05) is 12.8 Å². The molecule has 0 radical (unpaired) electrons. The molecule has 6 nitrogen and oxygen atoms in total. The van der Waals surface area contributed by atoms with Crippen molar-refractivity contribution in [3.8, 4) is 23.0 Å². The molecule has 2 amide bonds. The van der Waals surface area contributed by atoms with E-state index >= 15 is 0 Å². The highest BCUT2D eigenvalue weighted by Gasteiger charge is 2.33. The Morgan fingerprint density at radius 2 is 1.76 bits per heavy atom. The topological polar surface area (TPSA) is 79.0 Å². The number of para-hydroxylation sites is 1. The summed E-state index contributed by atoms with van der Waals surface area (Å²) < 4.78 is 1.77. The van der Waals surface area contributed by atoms with E-state index in [-0.39, 0.29) is 5.57 Å². The Morgan fingerprint density at radius 1 is 1.06 bits per heavy atom. The third-order valence-corrected chi connectivity index (χ3v) is 6.83. The fraction of sp³-hybridized carbons (Fsp3) is 0.185. The average Bonchev–Trinajstić information content (AvgIpc) is 3.29. The maximum atomic E-state index is 12.9. The molecule has 1 aliphatic heterocycles. The number of carbonyl (C=O) groups is 2. The van der Waals surface area contributed by atoms with Gasteiger partial charge in [-0.25, -0.2) is 4.68 Å². The largest absolute Gasteiger partial charge is 0.277 e. The van der Waals surface area contributed by atoms with Crippen molar-refractivity contribution < 1.29 is 9.59 Å². The summed E-state index contributed by atoms with van der Waals surface area (Å²) in [5.74, 6) is 0.0364. The van der Waals surface area contributed by atoms with Gasteiger partial charge < -0.3 is 0 Å². The summed E-state index contributed by atoms with van der Waals surface area (Å²) in [6.45, 7) is 3.79. The van der Waals surface area contributed by atoms with Gasteiger partial charge in [0, 0.05) is 34.8 Å². The SMILES string of the molecule is CCCSc1ccc(-c2nn(-c3ccccc3)cc2C=C2C(=O)N(C)C(=O)C(C#N)=C2C)cc1. The van der Waals surface area contributed by atoms with Gasteiger partial charge in [0.05, 0.1) is 11.4 Å². The number of thioether (sulfide) groups is 1. The van der Waals surface area contributed by atoms with Crippen LogP contribution in [-0.4, -0.2) is 39.3 Å². The van der Waals surface area contributed by atoms with Gasteiger partial charge in [0.1, 0.15) is 11.6 Å². The quantitative estimate of drug-likeness (QED) is 0.280. The molecule has 0 N–H and O–H groups in total. The van der Waals surface area contributed by atoms with Crippen LogP contribution in [0.2, 0.25) is 0 Å². The van der Waals surface area contributed by atoms with Crippen LogP contribution in [0.1, 0.15) is 25.8 Å². The fourth-order valence-corrected chi connectivity index (χ4v) is 4.48. The van der Waals surface area contributed by atoms with Crippen LogP contribution in [0.4, 0.5) is 0 Å². The number of hydrogen-bond acceptors (Lipinski definition) is 5. The molecule has 0 saturated carbocycles. The molecule has 2 heterocycles. The lowest BCUT2D eigenvalue weighted by Crippen LogP contribution is -2.39. The number of likely N-dealkylation sites (N-methyl/N-ethyl adjacent to an activating group) is 1. The Balaban J connectivity index is 1.86. The number of benzene rings is 2. The Kier molecular flexibility index (Phi) is 6.80. The van der Waals surface area contributed by atoms with Crippen LogP contribution in [-0.2, 0) is 9.59 Å². The number of amides is 2. The first-order valence-corrected chi connectivity index (χ1v) is 12.0. The molecule has 0 aliphatic carbocycles. The van der Waals surface area contributed by atoms with Gasteiger partial charge >= 0.3 is 0 Å². The zero-order chi connectivity index (χ0) is 24.2. The van der Waals surface area contributed by atoms with Crippen molar-refractivity contribution >= 4 is 29.7 Å². The average molecular weight is 469 g/mol. The van der Waals surface area contributed by atoms with Gasteiger partial charge in [-0.3, -0.25) is 14.5 Å². The van der Waals surface area contributed by atoms with E-state index in [4.69, 9.17) is 5.10 Å². The second-order valence-electron chi connectivity index (χ2n) is 7.93. The molecule has 0 saturated heterocycles. The van der Waals surface area contributed by atoms with E-state index in [9.17, 15) is 14.9 Å². The highest BCUT2D eigenvalue weighted by atomic mass is 32.2. The molecule has 0 fully saturated rings. The number of nitrogens with zero attached hydrogens (tertiary/aromatic N) is 4. The van der Waals surface area contributed by atoms with Gasteiger partial charge in [-0.1, -0.05) is 37.3 Å². The Morgan fingerprint density at radius 3 is 2.41 bits per heavy atom. The molecule has 34 heavy (non-hydrogen) atoms. The van der Waals surface area contributed by atoms with Crippen molar-refractivity contribution in [1.82, 2.24) is 14.7 Å². The maximum absolute atomic E-state index is 12.9. The predicted octanol–water partition coefficient (Wildman–Crippen LogP) is 5.26. The predicted molar refractivity (Wildman–Crippen MR) is 134 cm³/mol. The van der Waals surface area contributed by atoms with Crippen LogP contribution in [0.25, 0.3) is 23.0 Å². The fourth-order valence-electron chi connectivity index (χ4n) is 3.71. The van der Waals surface area contributed by atoms with E-state index in [2.05, 4.69) is 19.1 Å².